The van der Waals surface area contributed by atoms with E-state index >= 15 is 0 Å². The molecule has 2 aromatic rings. The summed E-state index contributed by atoms with van der Waals surface area (Å²) in [5.41, 5.74) is 7.71. The third-order valence-electron chi connectivity index (χ3n) is 7.71. The summed E-state index contributed by atoms with van der Waals surface area (Å²) in [5.74, 6) is 2.37. The van der Waals surface area contributed by atoms with Gasteiger partial charge in [-0.3, -0.25) is 19.6 Å². The third kappa shape index (κ3) is 5.69. The average Bonchev–Trinajstić information content (AvgIpc) is 3.68. The van der Waals surface area contributed by atoms with Gasteiger partial charge in [0.15, 0.2) is 11.5 Å². The number of amidine groups is 1. The number of halogens is 1. The maximum absolute atomic E-state index is 13.5. The molecule has 2 saturated heterocycles. The van der Waals surface area contributed by atoms with E-state index in [0.717, 1.165) is 74.6 Å². The molecule has 1 aromatic heterocycles. The number of carbonyl (C=O) groups excluding carboxylic acids is 1. The first-order valence-electron chi connectivity index (χ1n) is 14.0. The lowest BCUT2D eigenvalue weighted by atomic mass is 10.1. The summed E-state index contributed by atoms with van der Waals surface area (Å²) in [6.45, 7) is 7.61. The summed E-state index contributed by atoms with van der Waals surface area (Å²) in [4.78, 5) is 33.8. The van der Waals surface area contributed by atoms with Crippen LogP contribution in [0.5, 0.6) is 11.5 Å². The van der Waals surface area contributed by atoms with Gasteiger partial charge in [-0.15, -0.1) is 0 Å². The maximum Gasteiger partial charge on any atom is 0.277 e. The lowest BCUT2D eigenvalue weighted by molar-refractivity contribution is 0.0357. The molecule has 218 valence electrons. The van der Waals surface area contributed by atoms with Gasteiger partial charge < -0.3 is 24.8 Å². The number of ether oxygens (including phenoxy) is 3. The summed E-state index contributed by atoms with van der Waals surface area (Å²) in [7, 11) is 1.58. The van der Waals surface area contributed by atoms with E-state index < -0.39 is 5.91 Å². The molecule has 0 saturated carbocycles. The van der Waals surface area contributed by atoms with Gasteiger partial charge in [0.2, 0.25) is 5.96 Å². The van der Waals surface area contributed by atoms with E-state index in [9.17, 15) is 4.79 Å². The third-order valence-corrected chi connectivity index (χ3v) is 8.02. The van der Waals surface area contributed by atoms with Gasteiger partial charge in [0.1, 0.15) is 17.3 Å². The Kier molecular flexibility index (Phi) is 8.24. The molecule has 0 radical (unpaired) electrons. The second-order valence-electron chi connectivity index (χ2n) is 10.4. The Labute approximate surface area is 244 Å². The molecule has 1 atom stereocenters. The first kappa shape index (κ1) is 27.7. The molecule has 12 nitrogen and oxygen atoms in total. The Morgan fingerprint density at radius 3 is 2.78 bits per heavy atom. The van der Waals surface area contributed by atoms with Crippen LogP contribution in [0.15, 0.2) is 40.4 Å². The van der Waals surface area contributed by atoms with E-state index in [0.29, 0.717) is 48.3 Å². The van der Waals surface area contributed by atoms with Crippen LogP contribution in [0.25, 0.3) is 0 Å². The van der Waals surface area contributed by atoms with Crippen LogP contribution in [-0.2, 0) is 4.74 Å². The number of nitrogens with zero attached hydrogens (tertiary/aromatic N) is 7. The zero-order chi connectivity index (χ0) is 28.3. The topological polar surface area (TPSA) is 121 Å². The van der Waals surface area contributed by atoms with Crippen molar-refractivity contribution in [2.45, 2.75) is 18.9 Å². The maximum atomic E-state index is 13.5. The van der Waals surface area contributed by atoms with Gasteiger partial charge in [-0.05, 0) is 37.1 Å². The van der Waals surface area contributed by atoms with Crippen LogP contribution in [0.2, 0.25) is 0 Å². The average molecular weight is 583 g/mol. The first-order chi connectivity index (χ1) is 20.0. The molecule has 13 heteroatoms. The van der Waals surface area contributed by atoms with E-state index in [4.69, 9.17) is 36.7 Å². The van der Waals surface area contributed by atoms with Crippen LogP contribution >= 0.6 is 11.8 Å². The number of fused-ring (bicyclic) bond motifs is 3. The fourth-order valence-corrected chi connectivity index (χ4v) is 5.76. The SMILES string of the molecule is COc1c(OCCCN2CCOCC2)ccc2c1N=C(N(Cl)C(=O)c1ccc(N3CC[C@@H](N)C3)nc1)N1CCN=C21. The van der Waals surface area contributed by atoms with Crippen molar-refractivity contribution in [1.82, 2.24) is 19.2 Å². The summed E-state index contributed by atoms with van der Waals surface area (Å²) < 4.78 is 18.4. The highest BCUT2D eigenvalue weighted by molar-refractivity contribution is 6.35. The van der Waals surface area contributed by atoms with Crippen molar-refractivity contribution >= 4 is 41.0 Å². The number of methoxy groups -OCH3 is 1. The Hall–Kier alpha value is -3.45. The van der Waals surface area contributed by atoms with Crippen LogP contribution in [0, 0.1) is 0 Å². The fraction of sp³-hybridized carbons (Fsp3) is 0.500. The number of nitrogens with two attached hydrogens (primary N) is 1. The molecular formula is C28H35ClN8O4. The van der Waals surface area contributed by atoms with E-state index in [1.807, 2.05) is 23.1 Å². The number of anilines is 1. The van der Waals surface area contributed by atoms with Gasteiger partial charge in [0, 0.05) is 68.8 Å². The molecule has 4 aliphatic rings. The molecule has 0 unspecified atom stereocenters. The minimum atomic E-state index is -0.438. The predicted octanol–water partition coefficient (Wildman–Crippen LogP) is 2.09. The van der Waals surface area contributed by atoms with E-state index in [2.05, 4.69) is 19.8 Å². The molecule has 4 aliphatic heterocycles. The lowest BCUT2D eigenvalue weighted by Crippen LogP contribution is -2.46. The van der Waals surface area contributed by atoms with Crippen molar-refractivity contribution in [2.24, 2.45) is 15.7 Å². The highest BCUT2D eigenvalue weighted by atomic mass is 35.5. The summed E-state index contributed by atoms with van der Waals surface area (Å²) >= 11 is 6.69. The molecule has 2 fully saturated rings. The Balaban J connectivity index is 1.21. The van der Waals surface area contributed by atoms with E-state index in [1.165, 1.54) is 6.20 Å². The molecule has 0 aliphatic carbocycles. The Morgan fingerprint density at radius 2 is 2.05 bits per heavy atom. The number of hydrogen-bond acceptors (Lipinski definition) is 11. The molecular weight excluding hydrogens is 548 g/mol. The van der Waals surface area contributed by atoms with Crippen LogP contribution < -0.4 is 20.1 Å². The standard InChI is InChI=1S/C28H35ClN8O4/c1-39-25-22(41-14-2-9-34-12-15-40-16-13-34)5-4-21-24(25)33-28(36-11-8-31-26(21)36)37(29)27(38)19-3-6-23(32-17-19)35-10-7-20(30)18-35/h3-6,17,20H,2,7-16,18,30H2,1H3/t20-/m1/s1. The van der Waals surface area contributed by atoms with Gasteiger partial charge in [-0.25, -0.2) is 9.98 Å². The van der Waals surface area contributed by atoms with Gasteiger partial charge in [-0.1, -0.05) is 0 Å². The number of carbonyl (C=O) groups is 1. The van der Waals surface area contributed by atoms with Gasteiger partial charge in [0.25, 0.3) is 5.91 Å². The minimum absolute atomic E-state index is 0.137. The van der Waals surface area contributed by atoms with Crippen LogP contribution in [0.3, 0.4) is 0 Å². The Bertz CT molecular complexity index is 1330. The molecule has 1 aromatic carbocycles. The second kappa shape index (κ2) is 12.2. The van der Waals surface area contributed by atoms with Crippen molar-refractivity contribution in [2.75, 3.05) is 77.6 Å². The first-order valence-corrected chi connectivity index (χ1v) is 14.4. The monoisotopic (exact) mass is 582 g/mol. The van der Waals surface area contributed by atoms with Crippen LogP contribution in [-0.4, -0.2) is 116 Å². The molecule has 0 spiro atoms. The van der Waals surface area contributed by atoms with Crippen LogP contribution in [0.1, 0.15) is 28.8 Å². The summed E-state index contributed by atoms with van der Waals surface area (Å²) in [6, 6.07) is 7.50. The normalized spacial score (nSPS) is 20.3. The summed E-state index contributed by atoms with van der Waals surface area (Å²) in [6.07, 6.45) is 3.33. The largest absolute Gasteiger partial charge is 0.491 e. The van der Waals surface area contributed by atoms with E-state index in [1.54, 1.807) is 13.2 Å². The van der Waals surface area contributed by atoms with Crippen molar-refractivity contribution in [3.8, 4) is 11.5 Å². The van der Waals surface area contributed by atoms with Gasteiger partial charge in [0.05, 0.1) is 39.0 Å². The van der Waals surface area contributed by atoms with Crippen LogP contribution in [0.4, 0.5) is 11.5 Å². The van der Waals surface area contributed by atoms with Crippen molar-refractivity contribution < 1.29 is 19.0 Å². The Morgan fingerprint density at radius 1 is 1.20 bits per heavy atom. The fourth-order valence-electron chi connectivity index (χ4n) is 5.53. The number of rotatable bonds is 8. The number of aliphatic imine (C=N–C) groups is 2. The lowest BCUT2D eigenvalue weighted by Gasteiger charge is -2.31. The highest BCUT2D eigenvalue weighted by Crippen LogP contribution is 2.44. The minimum Gasteiger partial charge on any atom is -0.491 e. The quantitative estimate of drug-likeness (QED) is 0.368. The number of amides is 1. The molecule has 6 rings (SSSR count). The van der Waals surface area contributed by atoms with Gasteiger partial charge in [-0.2, -0.15) is 4.42 Å². The smallest absolute Gasteiger partial charge is 0.277 e. The predicted molar refractivity (Wildman–Crippen MR) is 157 cm³/mol. The number of morpholine rings is 1. The van der Waals surface area contributed by atoms with Gasteiger partial charge >= 0.3 is 0 Å². The molecule has 41 heavy (non-hydrogen) atoms. The number of benzene rings is 1. The van der Waals surface area contributed by atoms with Crippen molar-refractivity contribution in [1.29, 1.82) is 0 Å². The number of pyridine rings is 1. The van der Waals surface area contributed by atoms with Crippen molar-refractivity contribution in [3.05, 3.63) is 41.6 Å². The zero-order valence-corrected chi connectivity index (χ0v) is 23.9. The summed E-state index contributed by atoms with van der Waals surface area (Å²) in [5, 5.41) is 0. The molecule has 0 bridgehead atoms. The number of guanidine groups is 1. The molecule has 2 N–H and O–H groups in total. The number of hydrogen-bond donors (Lipinski definition) is 1. The number of aromatic nitrogens is 1. The second-order valence-corrected chi connectivity index (χ2v) is 10.7. The highest BCUT2D eigenvalue weighted by Gasteiger charge is 2.37. The van der Waals surface area contributed by atoms with E-state index in [-0.39, 0.29) is 12.0 Å². The molecule has 5 heterocycles. The molecule has 1 amide bonds. The zero-order valence-electron chi connectivity index (χ0n) is 23.2. The van der Waals surface area contributed by atoms with Crippen molar-refractivity contribution in [3.63, 3.8) is 0 Å².